The van der Waals surface area contributed by atoms with Crippen molar-refractivity contribution in [2.45, 2.75) is 13.8 Å². The fourth-order valence-electron chi connectivity index (χ4n) is 2.08. The number of anilines is 1. The van der Waals surface area contributed by atoms with Gasteiger partial charge in [-0.05, 0) is 32.0 Å². The first kappa shape index (κ1) is 14.1. The predicted molar refractivity (Wildman–Crippen MR) is 74.6 cm³/mol. The fourth-order valence-corrected chi connectivity index (χ4v) is 2.08. The Balaban J connectivity index is 1.93. The Hall–Kier alpha value is -2.90. The number of rotatable bonds is 2. The third-order valence-electron chi connectivity index (χ3n) is 2.94. The third kappa shape index (κ3) is 2.62. The van der Waals surface area contributed by atoms with Gasteiger partial charge in [0.05, 0.1) is 0 Å². The van der Waals surface area contributed by atoms with Crippen LogP contribution in [-0.4, -0.2) is 25.5 Å². The van der Waals surface area contributed by atoms with E-state index in [4.69, 9.17) is 0 Å². The summed E-state index contributed by atoms with van der Waals surface area (Å²) in [6.45, 7) is 3.61. The number of aryl methyl sites for hydroxylation is 2. The van der Waals surface area contributed by atoms with Crippen LogP contribution in [0.2, 0.25) is 0 Å². The van der Waals surface area contributed by atoms with Crippen LogP contribution in [0.5, 0.6) is 0 Å². The van der Waals surface area contributed by atoms with E-state index in [0.29, 0.717) is 0 Å². The molecule has 8 heteroatoms. The number of benzene rings is 1. The molecule has 0 atom stereocenters. The van der Waals surface area contributed by atoms with Gasteiger partial charge >= 0.3 is 0 Å². The van der Waals surface area contributed by atoms with E-state index >= 15 is 0 Å². The smallest absolute Gasteiger partial charge is 0.295 e. The monoisotopic (exact) mass is 303 g/mol. The number of hydrogen-bond acceptors (Lipinski definition) is 4. The molecule has 112 valence electrons. The molecule has 2 heterocycles. The maximum atomic E-state index is 13.1. The first-order valence-electron chi connectivity index (χ1n) is 6.41. The standard InChI is InChI=1S/C14H11F2N5O/c1-7-3-8(2)21-14(17-7)19-12(20-21)13(22)18-11-5-9(15)4-10(16)6-11/h3-6H,1-2H3,(H,18,22). The average molecular weight is 303 g/mol. The highest BCUT2D eigenvalue weighted by molar-refractivity contribution is 6.01. The van der Waals surface area contributed by atoms with E-state index in [-0.39, 0.29) is 17.3 Å². The highest BCUT2D eigenvalue weighted by Gasteiger charge is 2.15. The zero-order chi connectivity index (χ0) is 15.9. The van der Waals surface area contributed by atoms with Crippen LogP contribution in [0.15, 0.2) is 24.3 Å². The minimum Gasteiger partial charge on any atom is -0.319 e. The van der Waals surface area contributed by atoms with Crippen molar-refractivity contribution >= 4 is 17.4 Å². The maximum absolute atomic E-state index is 13.1. The summed E-state index contributed by atoms with van der Waals surface area (Å²) in [4.78, 5) is 20.3. The Bertz CT molecular complexity index is 870. The molecule has 0 saturated heterocycles. The van der Waals surface area contributed by atoms with Crippen molar-refractivity contribution in [3.05, 3.63) is 53.1 Å². The van der Waals surface area contributed by atoms with Gasteiger partial charge in [0, 0.05) is 23.1 Å². The highest BCUT2D eigenvalue weighted by atomic mass is 19.1. The van der Waals surface area contributed by atoms with Crippen molar-refractivity contribution in [3.8, 4) is 0 Å². The second kappa shape index (κ2) is 5.14. The molecule has 0 fully saturated rings. The lowest BCUT2D eigenvalue weighted by Gasteiger charge is -2.02. The number of amides is 1. The van der Waals surface area contributed by atoms with Gasteiger partial charge in [0.15, 0.2) is 0 Å². The van der Waals surface area contributed by atoms with Gasteiger partial charge in [0.25, 0.3) is 11.7 Å². The molecule has 1 aromatic carbocycles. The van der Waals surface area contributed by atoms with Gasteiger partial charge in [-0.15, -0.1) is 5.10 Å². The zero-order valence-electron chi connectivity index (χ0n) is 11.8. The minimum atomic E-state index is -0.786. The molecular formula is C14H11F2N5O. The minimum absolute atomic E-state index is 0.0118. The topological polar surface area (TPSA) is 72.2 Å². The van der Waals surface area contributed by atoms with Crippen LogP contribution in [0.25, 0.3) is 5.78 Å². The van der Waals surface area contributed by atoms with Crippen molar-refractivity contribution in [2.75, 3.05) is 5.32 Å². The third-order valence-corrected chi connectivity index (χ3v) is 2.94. The van der Waals surface area contributed by atoms with E-state index in [2.05, 4.69) is 20.4 Å². The van der Waals surface area contributed by atoms with Gasteiger partial charge in [0.1, 0.15) is 11.6 Å². The van der Waals surface area contributed by atoms with Gasteiger partial charge in [-0.1, -0.05) is 0 Å². The molecule has 0 aliphatic carbocycles. The summed E-state index contributed by atoms with van der Waals surface area (Å²) in [6, 6.07) is 4.52. The maximum Gasteiger partial charge on any atom is 0.295 e. The Morgan fingerprint density at radius 2 is 1.77 bits per heavy atom. The van der Waals surface area contributed by atoms with Crippen LogP contribution in [0.4, 0.5) is 14.5 Å². The summed E-state index contributed by atoms with van der Waals surface area (Å²) < 4.78 is 27.6. The van der Waals surface area contributed by atoms with E-state index < -0.39 is 17.5 Å². The summed E-state index contributed by atoms with van der Waals surface area (Å²) in [6.07, 6.45) is 0. The molecule has 1 amide bonds. The van der Waals surface area contributed by atoms with Gasteiger partial charge in [-0.3, -0.25) is 4.79 Å². The number of carbonyl (C=O) groups is 1. The van der Waals surface area contributed by atoms with Crippen molar-refractivity contribution in [1.29, 1.82) is 0 Å². The predicted octanol–water partition coefficient (Wildman–Crippen LogP) is 2.27. The Kier molecular flexibility index (Phi) is 3.28. The fraction of sp³-hybridized carbons (Fsp3) is 0.143. The molecule has 3 aromatic rings. The van der Waals surface area contributed by atoms with E-state index in [1.54, 1.807) is 19.9 Å². The Morgan fingerprint density at radius 1 is 1.09 bits per heavy atom. The normalized spacial score (nSPS) is 10.9. The molecule has 2 aromatic heterocycles. The molecule has 0 spiro atoms. The van der Waals surface area contributed by atoms with Crippen molar-refractivity contribution < 1.29 is 13.6 Å². The second-order valence-electron chi connectivity index (χ2n) is 4.80. The van der Waals surface area contributed by atoms with Crippen LogP contribution in [0.3, 0.4) is 0 Å². The molecular weight excluding hydrogens is 292 g/mol. The number of nitrogens with one attached hydrogen (secondary N) is 1. The lowest BCUT2D eigenvalue weighted by atomic mass is 10.3. The summed E-state index contributed by atoms with van der Waals surface area (Å²) >= 11 is 0. The summed E-state index contributed by atoms with van der Waals surface area (Å²) in [5.41, 5.74) is 1.50. The number of nitrogens with zero attached hydrogens (tertiary/aromatic N) is 4. The molecule has 0 aliphatic rings. The van der Waals surface area contributed by atoms with Crippen molar-refractivity contribution in [3.63, 3.8) is 0 Å². The molecule has 6 nitrogen and oxygen atoms in total. The van der Waals surface area contributed by atoms with Gasteiger partial charge in [-0.25, -0.2) is 18.3 Å². The van der Waals surface area contributed by atoms with E-state index in [1.165, 1.54) is 4.52 Å². The van der Waals surface area contributed by atoms with Crippen molar-refractivity contribution in [1.82, 2.24) is 19.6 Å². The molecule has 3 rings (SSSR count). The first-order valence-corrected chi connectivity index (χ1v) is 6.41. The van der Waals surface area contributed by atoms with Crippen LogP contribution < -0.4 is 5.32 Å². The molecule has 0 saturated carbocycles. The quantitative estimate of drug-likeness (QED) is 0.788. The highest BCUT2D eigenvalue weighted by Crippen LogP contribution is 2.14. The van der Waals surface area contributed by atoms with E-state index in [1.807, 2.05) is 0 Å². The lowest BCUT2D eigenvalue weighted by molar-refractivity contribution is 0.101. The van der Waals surface area contributed by atoms with Crippen molar-refractivity contribution in [2.24, 2.45) is 0 Å². The molecule has 0 radical (unpaired) electrons. The van der Waals surface area contributed by atoms with E-state index in [9.17, 15) is 13.6 Å². The number of halogens is 2. The summed E-state index contributed by atoms with van der Waals surface area (Å²) in [5.74, 6) is -2.09. The van der Waals surface area contributed by atoms with Gasteiger partial charge in [-0.2, -0.15) is 4.98 Å². The largest absolute Gasteiger partial charge is 0.319 e. The zero-order valence-corrected chi connectivity index (χ0v) is 11.8. The second-order valence-corrected chi connectivity index (χ2v) is 4.80. The summed E-state index contributed by atoms with van der Waals surface area (Å²) in [5, 5.41) is 6.39. The summed E-state index contributed by atoms with van der Waals surface area (Å²) in [7, 11) is 0. The first-order chi connectivity index (χ1) is 10.4. The SMILES string of the molecule is Cc1cc(C)n2nc(C(=O)Nc3cc(F)cc(F)c3)nc2n1. The van der Waals surface area contributed by atoms with Crippen LogP contribution in [0, 0.1) is 25.5 Å². The van der Waals surface area contributed by atoms with Gasteiger partial charge in [0.2, 0.25) is 5.82 Å². The average Bonchev–Trinajstić information content (AvgIpc) is 2.81. The molecule has 0 bridgehead atoms. The number of hydrogen-bond donors (Lipinski definition) is 1. The van der Waals surface area contributed by atoms with Crippen LogP contribution in [-0.2, 0) is 0 Å². The van der Waals surface area contributed by atoms with Gasteiger partial charge < -0.3 is 5.32 Å². The number of aromatic nitrogens is 4. The number of fused-ring (bicyclic) bond motifs is 1. The number of carbonyl (C=O) groups excluding carboxylic acids is 1. The Morgan fingerprint density at radius 3 is 2.45 bits per heavy atom. The van der Waals surface area contributed by atoms with Crippen LogP contribution in [0.1, 0.15) is 22.0 Å². The van der Waals surface area contributed by atoms with E-state index in [0.717, 1.165) is 29.6 Å². The lowest BCUT2D eigenvalue weighted by Crippen LogP contribution is -2.14. The molecule has 22 heavy (non-hydrogen) atoms. The van der Waals surface area contributed by atoms with Crippen LogP contribution >= 0.6 is 0 Å². The molecule has 1 N–H and O–H groups in total. The Labute approximate surface area is 123 Å². The molecule has 0 aliphatic heterocycles. The molecule has 0 unspecified atom stereocenters.